The Morgan fingerprint density at radius 2 is 1.63 bits per heavy atom. The number of rotatable bonds is 5. The highest BCUT2D eigenvalue weighted by Gasteiger charge is 2.21. The minimum Gasteiger partial charge on any atom is -0.495 e. The molecule has 2 amide bonds. The molecule has 0 spiro atoms. The molecule has 2 aromatic carbocycles. The predicted octanol–water partition coefficient (Wildman–Crippen LogP) is 4.59. The van der Waals surface area contributed by atoms with E-state index in [1.807, 2.05) is 20.8 Å². The zero-order valence-electron chi connectivity index (χ0n) is 16.0. The molecule has 0 aliphatic rings. The molecule has 6 nitrogen and oxygen atoms in total. The quantitative estimate of drug-likeness (QED) is 0.782. The van der Waals surface area contributed by atoms with Crippen LogP contribution in [-0.4, -0.2) is 26.0 Å². The predicted molar refractivity (Wildman–Crippen MR) is 107 cm³/mol. The summed E-state index contributed by atoms with van der Waals surface area (Å²) in [4.78, 5) is 24.8. The highest BCUT2D eigenvalue weighted by molar-refractivity contribution is 6.32. The van der Waals surface area contributed by atoms with Gasteiger partial charge in [-0.1, -0.05) is 38.4 Å². The van der Waals surface area contributed by atoms with Gasteiger partial charge in [-0.3, -0.25) is 9.59 Å². The number of ether oxygens (including phenoxy) is 2. The third-order valence-electron chi connectivity index (χ3n) is 3.79. The molecule has 0 bridgehead atoms. The number of carbonyl (C=O) groups excluding carboxylic acids is 2. The Morgan fingerprint density at radius 1 is 0.963 bits per heavy atom. The first kappa shape index (κ1) is 20.6. The van der Waals surface area contributed by atoms with E-state index in [1.54, 1.807) is 36.4 Å². The Hall–Kier alpha value is -2.73. The largest absolute Gasteiger partial charge is 0.495 e. The molecule has 2 aromatic rings. The molecule has 0 aromatic heterocycles. The minimum absolute atomic E-state index is 0.135. The summed E-state index contributed by atoms with van der Waals surface area (Å²) in [5.41, 5.74) is 0.807. The molecule has 2 N–H and O–H groups in total. The second-order valence-electron chi connectivity index (χ2n) is 6.93. The Labute approximate surface area is 163 Å². The van der Waals surface area contributed by atoms with Crippen LogP contribution in [0, 0.1) is 5.41 Å². The van der Waals surface area contributed by atoms with E-state index in [9.17, 15) is 9.59 Å². The second kappa shape index (κ2) is 8.31. The third kappa shape index (κ3) is 5.14. The van der Waals surface area contributed by atoms with Crippen LogP contribution in [0.4, 0.5) is 11.4 Å². The first-order valence-corrected chi connectivity index (χ1v) is 8.68. The van der Waals surface area contributed by atoms with Crippen LogP contribution >= 0.6 is 11.6 Å². The first-order chi connectivity index (χ1) is 12.7. The zero-order chi connectivity index (χ0) is 20.2. The molecule has 7 heteroatoms. The lowest BCUT2D eigenvalue weighted by atomic mass is 9.95. The van der Waals surface area contributed by atoms with Crippen LogP contribution in [0.1, 0.15) is 31.1 Å². The number of hydrogen-bond acceptors (Lipinski definition) is 4. The van der Waals surface area contributed by atoms with Crippen LogP contribution in [-0.2, 0) is 4.79 Å². The molecule has 0 saturated heterocycles. The molecule has 0 aliphatic heterocycles. The number of carbonyl (C=O) groups is 2. The second-order valence-corrected chi connectivity index (χ2v) is 7.33. The fourth-order valence-corrected chi connectivity index (χ4v) is 2.45. The zero-order valence-corrected chi connectivity index (χ0v) is 16.7. The summed E-state index contributed by atoms with van der Waals surface area (Å²) in [5.74, 6) is 0.366. The lowest BCUT2D eigenvalue weighted by molar-refractivity contribution is -0.123. The van der Waals surface area contributed by atoms with Crippen LogP contribution in [0.5, 0.6) is 11.5 Å². The molecular formula is C20H23ClN2O4. The van der Waals surface area contributed by atoms with Crippen molar-refractivity contribution in [1.82, 2.24) is 0 Å². The lowest BCUT2D eigenvalue weighted by Crippen LogP contribution is -2.27. The van der Waals surface area contributed by atoms with Crippen LogP contribution in [0.25, 0.3) is 0 Å². The van der Waals surface area contributed by atoms with Crippen molar-refractivity contribution in [3.8, 4) is 11.5 Å². The highest BCUT2D eigenvalue weighted by atomic mass is 35.5. The SMILES string of the molecule is COc1cc(OC)c(NC(=O)c2cccc(NC(=O)C(C)(C)C)c2)cc1Cl. The number of amides is 2. The van der Waals surface area contributed by atoms with Crippen molar-refractivity contribution in [3.05, 3.63) is 47.0 Å². The molecule has 0 radical (unpaired) electrons. The van der Waals surface area contributed by atoms with Crippen LogP contribution in [0.2, 0.25) is 5.02 Å². The topological polar surface area (TPSA) is 76.7 Å². The fourth-order valence-electron chi connectivity index (χ4n) is 2.21. The Kier molecular flexibility index (Phi) is 6.33. The van der Waals surface area contributed by atoms with E-state index < -0.39 is 5.41 Å². The Bertz CT molecular complexity index is 860. The molecule has 0 heterocycles. The lowest BCUT2D eigenvalue weighted by Gasteiger charge is -2.18. The van der Waals surface area contributed by atoms with Crippen molar-refractivity contribution in [2.45, 2.75) is 20.8 Å². The van der Waals surface area contributed by atoms with Gasteiger partial charge in [0.25, 0.3) is 5.91 Å². The molecule has 0 aliphatic carbocycles. The summed E-state index contributed by atoms with van der Waals surface area (Å²) in [6.07, 6.45) is 0. The summed E-state index contributed by atoms with van der Waals surface area (Å²) >= 11 is 6.13. The number of hydrogen-bond donors (Lipinski definition) is 2. The summed E-state index contributed by atoms with van der Waals surface area (Å²) < 4.78 is 10.4. The third-order valence-corrected chi connectivity index (χ3v) is 4.08. The Balaban J connectivity index is 2.23. The van der Waals surface area contributed by atoms with E-state index in [0.29, 0.717) is 33.5 Å². The molecule has 0 fully saturated rings. The molecule has 0 saturated carbocycles. The van der Waals surface area contributed by atoms with Gasteiger partial charge in [-0.05, 0) is 24.3 Å². The van der Waals surface area contributed by atoms with Gasteiger partial charge in [-0.15, -0.1) is 0 Å². The van der Waals surface area contributed by atoms with Gasteiger partial charge in [0.2, 0.25) is 5.91 Å². The number of nitrogens with one attached hydrogen (secondary N) is 2. The van der Waals surface area contributed by atoms with Gasteiger partial charge in [-0.25, -0.2) is 0 Å². The molecule has 144 valence electrons. The smallest absolute Gasteiger partial charge is 0.255 e. The highest BCUT2D eigenvalue weighted by Crippen LogP contribution is 2.36. The van der Waals surface area contributed by atoms with E-state index >= 15 is 0 Å². The molecule has 0 unspecified atom stereocenters. The maximum atomic E-state index is 12.6. The van der Waals surface area contributed by atoms with Crippen molar-refractivity contribution < 1.29 is 19.1 Å². The summed E-state index contributed by atoms with van der Waals surface area (Å²) in [6.45, 7) is 5.45. The van der Waals surface area contributed by atoms with E-state index in [-0.39, 0.29) is 11.8 Å². The van der Waals surface area contributed by atoms with Gasteiger partial charge in [0.05, 0.1) is 24.9 Å². The summed E-state index contributed by atoms with van der Waals surface area (Å²) in [5, 5.41) is 5.92. The average molecular weight is 391 g/mol. The maximum absolute atomic E-state index is 12.6. The van der Waals surface area contributed by atoms with Gasteiger partial charge in [0.1, 0.15) is 11.5 Å². The van der Waals surface area contributed by atoms with Gasteiger partial charge >= 0.3 is 0 Å². The molecule has 27 heavy (non-hydrogen) atoms. The van der Waals surface area contributed by atoms with Crippen molar-refractivity contribution in [3.63, 3.8) is 0 Å². The van der Waals surface area contributed by atoms with Crippen molar-refractivity contribution >= 4 is 34.8 Å². The number of halogens is 1. The first-order valence-electron chi connectivity index (χ1n) is 8.30. The Morgan fingerprint density at radius 3 is 2.22 bits per heavy atom. The number of methoxy groups -OCH3 is 2. The standard InChI is InChI=1S/C20H23ClN2O4/c1-20(2,3)19(25)22-13-8-6-7-12(9-13)18(24)23-15-10-14(21)16(26-4)11-17(15)27-5/h6-11H,1-5H3,(H,22,25)(H,23,24). The van der Waals surface area contributed by atoms with Gasteiger partial charge < -0.3 is 20.1 Å². The minimum atomic E-state index is -0.536. The molecule has 2 rings (SSSR count). The molecular weight excluding hydrogens is 368 g/mol. The van der Waals surface area contributed by atoms with E-state index in [0.717, 1.165) is 0 Å². The van der Waals surface area contributed by atoms with Crippen LogP contribution in [0.3, 0.4) is 0 Å². The van der Waals surface area contributed by atoms with Gasteiger partial charge in [0.15, 0.2) is 0 Å². The fraction of sp³-hybridized carbons (Fsp3) is 0.300. The van der Waals surface area contributed by atoms with E-state index in [2.05, 4.69) is 10.6 Å². The van der Waals surface area contributed by atoms with Crippen LogP contribution in [0.15, 0.2) is 36.4 Å². The van der Waals surface area contributed by atoms with Crippen molar-refractivity contribution in [2.75, 3.05) is 24.9 Å². The maximum Gasteiger partial charge on any atom is 0.255 e. The normalized spacial score (nSPS) is 10.9. The summed E-state index contributed by atoms with van der Waals surface area (Å²) in [7, 11) is 2.98. The number of anilines is 2. The van der Waals surface area contributed by atoms with Gasteiger partial charge in [0, 0.05) is 22.7 Å². The monoisotopic (exact) mass is 390 g/mol. The van der Waals surface area contributed by atoms with E-state index in [1.165, 1.54) is 14.2 Å². The van der Waals surface area contributed by atoms with Crippen LogP contribution < -0.4 is 20.1 Å². The van der Waals surface area contributed by atoms with E-state index in [4.69, 9.17) is 21.1 Å². The number of benzene rings is 2. The van der Waals surface area contributed by atoms with Gasteiger partial charge in [-0.2, -0.15) is 0 Å². The average Bonchev–Trinajstić information content (AvgIpc) is 2.61. The van der Waals surface area contributed by atoms with Crippen molar-refractivity contribution in [2.24, 2.45) is 5.41 Å². The molecule has 0 atom stereocenters. The van der Waals surface area contributed by atoms with Crippen molar-refractivity contribution in [1.29, 1.82) is 0 Å². The summed E-state index contributed by atoms with van der Waals surface area (Å²) in [6, 6.07) is 9.84.